The average Bonchev–Trinajstić information content (AvgIpc) is 3.20. The smallest absolute Gasteiger partial charge is 0.271 e. The second-order valence-electron chi connectivity index (χ2n) is 6.99. The SMILES string of the molecule is O=C(c1cc(-c2ccc(Cl)c(Cl)c2)n[nH]1)N1CCN(Cc2cccc(Cl)c2)CC1. The molecule has 150 valence electrons. The summed E-state index contributed by atoms with van der Waals surface area (Å²) in [7, 11) is 0. The van der Waals surface area contributed by atoms with Crippen molar-refractivity contribution in [2.24, 2.45) is 0 Å². The fourth-order valence-electron chi connectivity index (χ4n) is 3.41. The molecule has 1 aliphatic rings. The Morgan fingerprint density at radius 2 is 1.76 bits per heavy atom. The van der Waals surface area contributed by atoms with Crippen LogP contribution in [0.15, 0.2) is 48.5 Å². The summed E-state index contributed by atoms with van der Waals surface area (Å²) >= 11 is 18.1. The van der Waals surface area contributed by atoms with Gasteiger partial charge in [-0.3, -0.25) is 14.8 Å². The molecule has 3 aromatic rings. The van der Waals surface area contributed by atoms with Crippen LogP contribution >= 0.6 is 34.8 Å². The average molecular weight is 450 g/mol. The van der Waals surface area contributed by atoms with Crippen LogP contribution in [0, 0.1) is 0 Å². The van der Waals surface area contributed by atoms with Gasteiger partial charge in [0.2, 0.25) is 0 Å². The number of amides is 1. The van der Waals surface area contributed by atoms with Crippen molar-refractivity contribution in [1.29, 1.82) is 0 Å². The molecule has 4 rings (SSSR count). The number of piperazine rings is 1. The molecule has 1 amide bonds. The molecule has 0 radical (unpaired) electrons. The molecule has 8 heteroatoms. The molecule has 0 unspecified atom stereocenters. The summed E-state index contributed by atoms with van der Waals surface area (Å²) in [6.07, 6.45) is 0. The van der Waals surface area contributed by atoms with Gasteiger partial charge in [0.25, 0.3) is 5.91 Å². The highest BCUT2D eigenvalue weighted by Gasteiger charge is 2.23. The van der Waals surface area contributed by atoms with Crippen molar-refractivity contribution in [1.82, 2.24) is 20.0 Å². The Labute approximate surface area is 184 Å². The lowest BCUT2D eigenvalue weighted by molar-refractivity contribution is 0.0622. The minimum Gasteiger partial charge on any atom is -0.335 e. The van der Waals surface area contributed by atoms with Gasteiger partial charge >= 0.3 is 0 Å². The van der Waals surface area contributed by atoms with E-state index in [9.17, 15) is 4.79 Å². The molecule has 2 heterocycles. The van der Waals surface area contributed by atoms with Gasteiger partial charge in [-0.15, -0.1) is 0 Å². The molecule has 29 heavy (non-hydrogen) atoms. The molecule has 0 bridgehead atoms. The Hall–Kier alpha value is -2.05. The second kappa shape index (κ2) is 8.76. The third-order valence-electron chi connectivity index (χ3n) is 4.98. The van der Waals surface area contributed by atoms with Crippen molar-refractivity contribution in [3.63, 3.8) is 0 Å². The van der Waals surface area contributed by atoms with Gasteiger partial charge in [-0.25, -0.2) is 0 Å². The zero-order chi connectivity index (χ0) is 20.4. The fourth-order valence-corrected chi connectivity index (χ4v) is 3.92. The Morgan fingerprint density at radius 3 is 2.48 bits per heavy atom. The maximum Gasteiger partial charge on any atom is 0.271 e. The van der Waals surface area contributed by atoms with Gasteiger partial charge in [-0.1, -0.05) is 53.0 Å². The Morgan fingerprint density at radius 1 is 0.966 bits per heavy atom. The molecule has 1 fully saturated rings. The quantitative estimate of drug-likeness (QED) is 0.610. The van der Waals surface area contributed by atoms with Crippen LogP contribution < -0.4 is 0 Å². The molecule has 1 aromatic heterocycles. The van der Waals surface area contributed by atoms with Gasteiger partial charge in [-0.05, 0) is 35.9 Å². The number of aromatic nitrogens is 2. The normalized spacial score (nSPS) is 14.9. The first-order chi connectivity index (χ1) is 14.0. The standard InChI is InChI=1S/C21H19Cl3N4O/c22-16-3-1-2-14(10-16)13-27-6-8-28(9-7-27)21(29)20-12-19(25-26-20)15-4-5-17(23)18(24)11-15/h1-5,10-12H,6-9,13H2,(H,25,26). The molecule has 1 N–H and O–H groups in total. The molecule has 2 aromatic carbocycles. The lowest BCUT2D eigenvalue weighted by Gasteiger charge is -2.34. The van der Waals surface area contributed by atoms with Gasteiger partial charge in [0, 0.05) is 43.3 Å². The first-order valence-electron chi connectivity index (χ1n) is 9.26. The van der Waals surface area contributed by atoms with Crippen LogP contribution in [0.2, 0.25) is 15.1 Å². The zero-order valence-corrected chi connectivity index (χ0v) is 17.8. The monoisotopic (exact) mass is 448 g/mol. The Kier molecular flexibility index (Phi) is 6.11. The highest BCUT2D eigenvalue weighted by Crippen LogP contribution is 2.28. The van der Waals surface area contributed by atoms with Crippen molar-refractivity contribution in [2.75, 3.05) is 26.2 Å². The maximum absolute atomic E-state index is 12.8. The van der Waals surface area contributed by atoms with Crippen LogP contribution in [-0.4, -0.2) is 52.1 Å². The van der Waals surface area contributed by atoms with E-state index in [4.69, 9.17) is 34.8 Å². The van der Waals surface area contributed by atoms with Crippen molar-refractivity contribution >= 4 is 40.7 Å². The van der Waals surface area contributed by atoms with E-state index in [0.717, 1.165) is 30.2 Å². The van der Waals surface area contributed by atoms with E-state index < -0.39 is 0 Å². The molecule has 0 saturated carbocycles. The largest absolute Gasteiger partial charge is 0.335 e. The summed E-state index contributed by atoms with van der Waals surface area (Å²) in [6.45, 7) is 3.78. The minimum atomic E-state index is -0.0498. The van der Waals surface area contributed by atoms with E-state index >= 15 is 0 Å². The fraction of sp³-hybridized carbons (Fsp3) is 0.238. The number of hydrogen-bond acceptors (Lipinski definition) is 3. The van der Waals surface area contributed by atoms with E-state index in [1.54, 1.807) is 18.2 Å². The highest BCUT2D eigenvalue weighted by atomic mass is 35.5. The molecule has 5 nitrogen and oxygen atoms in total. The van der Waals surface area contributed by atoms with Crippen molar-refractivity contribution in [3.05, 3.63) is 74.9 Å². The van der Waals surface area contributed by atoms with Crippen LogP contribution in [0.3, 0.4) is 0 Å². The van der Waals surface area contributed by atoms with Crippen molar-refractivity contribution in [3.8, 4) is 11.3 Å². The first kappa shape index (κ1) is 20.2. The number of rotatable bonds is 4. The summed E-state index contributed by atoms with van der Waals surface area (Å²) in [5, 5.41) is 8.78. The summed E-state index contributed by atoms with van der Waals surface area (Å²) in [5.74, 6) is -0.0498. The van der Waals surface area contributed by atoms with Crippen LogP contribution in [0.5, 0.6) is 0 Å². The van der Waals surface area contributed by atoms with Gasteiger partial charge in [-0.2, -0.15) is 5.10 Å². The van der Waals surface area contributed by atoms with Crippen LogP contribution in [-0.2, 0) is 6.54 Å². The molecule has 0 atom stereocenters. The number of carbonyl (C=O) groups is 1. The second-order valence-corrected chi connectivity index (χ2v) is 8.24. The predicted molar refractivity (Wildman–Crippen MR) is 117 cm³/mol. The van der Waals surface area contributed by atoms with Crippen LogP contribution in [0.4, 0.5) is 0 Å². The number of H-pyrrole nitrogens is 1. The summed E-state index contributed by atoms with van der Waals surface area (Å²) < 4.78 is 0. The maximum atomic E-state index is 12.8. The zero-order valence-electron chi connectivity index (χ0n) is 15.5. The highest BCUT2D eigenvalue weighted by molar-refractivity contribution is 6.42. The van der Waals surface area contributed by atoms with E-state index in [-0.39, 0.29) is 5.91 Å². The lowest BCUT2D eigenvalue weighted by Crippen LogP contribution is -2.48. The number of aromatic amines is 1. The van der Waals surface area contributed by atoms with Gasteiger partial charge in [0.05, 0.1) is 15.7 Å². The lowest BCUT2D eigenvalue weighted by atomic mass is 10.1. The Balaban J connectivity index is 1.37. The van der Waals surface area contributed by atoms with Gasteiger partial charge < -0.3 is 4.90 Å². The number of halogens is 3. The van der Waals surface area contributed by atoms with E-state index in [1.165, 1.54) is 5.56 Å². The first-order valence-corrected chi connectivity index (χ1v) is 10.4. The predicted octanol–water partition coefficient (Wildman–Crippen LogP) is 4.99. The van der Waals surface area contributed by atoms with Crippen LogP contribution in [0.1, 0.15) is 16.1 Å². The summed E-state index contributed by atoms with van der Waals surface area (Å²) in [5.41, 5.74) is 3.11. The van der Waals surface area contributed by atoms with Crippen molar-refractivity contribution in [2.45, 2.75) is 6.54 Å². The Bertz CT molecular complexity index is 1030. The molecular formula is C21H19Cl3N4O. The summed E-state index contributed by atoms with van der Waals surface area (Å²) in [6, 6.07) is 14.9. The number of carbonyl (C=O) groups excluding carboxylic acids is 1. The molecule has 0 spiro atoms. The van der Waals surface area contributed by atoms with Gasteiger partial charge in [0.1, 0.15) is 5.69 Å². The number of hydrogen-bond donors (Lipinski definition) is 1. The number of benzene rings is 2. The van der Waals surface area contributed by atoms with E-state index in [2.05, 4.69) is 21.2 Å². The molecule has 0 aliphatic carbocycles. The van der Waals surface area contributed by atoms with Gasteiger partial charge in [0.15, 0.2) is 0 Å². The molecule has 1 saturated heterocycles. The number of nitrogens with zero attached hydrogens (tertiary/aromatic N) is 3. The van der Waals surface area contributed by atoms with Crippen LogP contribution in [0.25, 0.3) is 11.3 Å². The van der Waals surface area contributed by atoms with E-state index in [0.29, 0.717) is 34.5 Å². The van der Waals surface area contributed by atoms with Crippen molar-refractivity contribution < 1.29 is 4.79 Å². The minimum absolute atomic E-state index is 0.0498. The molecule has 1 aliphatic heterocycles. The third kappa shape index (κ3) is 4.75. The van der Waals surface area contributed by atoms with E-state index in [1.807, 2.05) is 29.2 Å². The topological polar surface area (TPSA) is 52.2 Å². The summed E-state index contributed by atoms with van der Waals surface area (Å²) in [4.78, 5) is 17.0. The number of nitrogens with one attached hydrogen (secondary N) is 1. The molecular weight excluding hydrogens is 431 g/mol. The third-order valence-corrected chi connectivity index (χ3v) is 5.95.